The van der Waals surface area contributed by atoms with E-state index in [0.717, 1.165) is 36.5 Å². The van der Waals surface area contributed by atoms with Gasteiger partial charge in [-0.25, -0.2) is 14.4 Å². The summed E-state index contributed by atoms with van der Waals surface area (Å²) in [4.78, 5) is 25.6. The molecule has 2 bridgehead atoms. The molecule has 6 nitrogen and oxygen atoms in total. The lowest BCUT2D eigenvalue weighted by molar-refractivity contribution is 0.102. The largest absolute Gasteiger partial charge is 0.379 e. The first kappa shape index (κ1) is 20.2. The van der Waals surface area contributed by atoms with Crippen molar-refractivity contribution in [3.63, 3.8) is 0 Å². The number of carbonyl (C=O) groups excluding carboxylic acids is 1. The van der Waals surface area contributed by atoms with Crippen molar-refractivity contribution in [2.75, 3.05) is 17.3 Å². The lowest BCUT2D eigenvalue weighted by atomic mass is 9.72. The van der Waals surface area contributed by atoms with Gasteiger partial charge in [0, 0.05) is 17.0 Å². The number of anilines is 1. The molecule has 3 N–H and O–H groups in total. The van der Waals surface area contributed by atoms with Gasteiger partial charge in [0.05, 0.1) is 17.9 Å². The third-order valence-corrected chi connectivity index (χ3v) is 7.07. The van der Waals surface area contributed by atoms with Gasteiger partial charge in [0.2, 0.25) is 0 Å². The van der Waals surface area contributed by atoms with Gasteiger partial charge in [0.25, 0.3) is 5.91 Å². The minimum Gasteiger partial charge on any atom is -0.379 e. The van der Waals surface area contributed by atoms with Gasteiger partial charge in [-0.15, -0.1) is 11.8 Å². The number of halogens is 1. The van der Waals surface area contributed by atoms with Crippen molar-refractivity contribution in [3.8, 4) is 0 Å². The van der Waals surface area contributed by atoms with E-state index in [1.165, 1.54) is 24.0 Å². The van der Waals surface area contributed by atoms with Crippen LogP contribution >= 0.6 is 23.5 Å². The third kappa shape index (κ3) is 4.25. The minimum absolute atomic E-state index is 0.206. The van der Waals surface area contributed by atoms with Crippen molar-refractivity contribution in [3.05, 3.63) is 47.7 Å². The van der Waals surface area contributed by atoms with Crippen molar-refractivity contribution >= 4 is 40.3 Å². The molecule has 2 heterocycles. The first-order valence-corrected chi connectivity index (χ1v) is 11.7. The maximum atomic E-state index is 14.9. The molecule has 2 atom stereocenters. The minimum atomic E-state index is -0.666. The Hall–Kier alpha value is -2.13. The van der Waals surface area contributed by atoms with Crippen LogP contribution in [0.5, 0.6) is 0 Å². The molecule has 1 aliphatic carbocycles. The van der Waals surface area contributed by atoms with E-state index in [1.54, 1.807) is 30.1 Å². The molecule has 1 aromatic heterocycles. The molecule has 0 radical (unpaired) electrons. The molecule has 2 aromatic rings. The first-order valence-electron chi connectivity index (χ1n) is 9.45. The molecule has 1 saturated carbocycles. The van der Waals surface area contributed by atoms with Crippen LogP contribution in [0.25, 0.3) is 0 Å². The highest BCUT2D eigenvalue weighted by atomic mass is 32.2. The van der Waals surface area contributed by atoms with E-state index < -0.39 is 5.54 Å². The lowest BCUT2D eigenvalue weighted by Gasteiger charge is -2.37. The number of aromatic nitrogens is 2. The summed E-state index contributed by atoms with van der Waals surface area (Å²) in [5.41, 5.74) is 6.62. The molecule has 4 rings (SSSR count). The molecule has 9 heteroatoms. The number of nitrogens with one attached hydrogen (secondary N) is 1. The number of rotatable bonds is 4. The number of amidine groups is 1. The van der Waals surface area contributed by atoms with Crippen LogP contribution in [0.3, 0.4) is 0 Å². The molecule has 2 aliphatic rings. The first-order chi connectivity index (χ1) is 14.0. The molecule has 1 amide bonds. The van der Waals surface area contributed by atoms with Gasteiger partial charge in [-0.05, 0) is 49.6 Å². The van der Waals surface area contributed by atoms with E-state index in [2.05, 4.69) is 15.3 Å². The summed E-state index contributed by atoms with van der Waals surface area (Å²) in [5, 5.41) is 4.04. The van der Waals surface area contributed by atoms with Gasteiger partial charge >= 0.3 is 0 Å². The molecule has 29 heavy (non-hydrogen) atoms. The van der Waals surface area contributed by atoms with Crippen LogP contribution in [0.2, 0.25) is 0 Å². The Morgan fingerprint density at radius 1 is 1.38 bits per heavy atom. The average molecular weight is 432 g/mol. The maximum absolute atomic E-state index is 14.9. The summed E-state index contributed by atoms with van der Waals surface area (Å²) in [6.07, 6.45) is 8.49. The van der Waals surface area contributed by atoms with E-state index in [1.807, 2.05) is 6.26 Å². The van der Waals surface area contributed by atoms with E-state index >= 15 is 0 Å². The summed E-state index contributed by atoms with van der Waals surface area (Å²) >= 11 is 3.00. The highest BCUT2D eigenvalue weighted by molar-refractivity contribution is 8.13. The Labute approximate surface area is 177 Å². The highest BCUT2D eigenvalue weighted by Gasteiger charge is 2.41. The normalized spacial score (nSPS) is 23.8. The number of thioether (sulfide) groups is 2. The van der Waals surface area contributed by atoms with Crippen molar-refractivity contribution in [2.45, 2.75) is 36.2 Å². The number of benzene rings is 1. The number of hydrogen-bond acceptors (Lipinski definition) is 7. The van der Waals surface area contributed by atoms with Crippen molar-refractivity contribution in [1.82, 2.24) is 9.97 Å². The number of nitrogens with zero attached hydrogens (tertiary/aromatic N) is 3. The summed E-state index contributed by atoms with van der Waals surface area (Å²) in [5.74, 6) is 0.665. The van der Waals surface area contributed by atoms with Gasteiger partial charge in [-0.1, -0.05) is 18.2 Å². The number of aliphatic imine (C=N–C) groups is 1. The van der Waals surface area contributed by atoms with Gasteiger partial charge in [0.15, 0.2) is 5.17 Å². The Morgan fingerprint density at radius 2 is 2.24 bits per heavy atom. The number of nitrogens with two attached hydrogens (primary N) is 1. The maximum Gasteiger partial charge on any atom is 0.275 e. The lowest BCUT2D eigenvalue weighted by Crippen LogP contribution is -2.33. The summed E-state index contributed by atoms with van der Waals surface area (Å²) in [6, 6.07) is 4.62. The Bertz CT molecular complexity index is 952. The van der Waals surface area contributed by atoms with E-state index in [4.69, 9.17) is 10.7 Å². The second-order valence-corrected chi connectivity index (χ2v) is 9.21. The molecule has 1 aromatic carbocycles. The summed E-state index contributed by atoms with van der Waals surface area (Å²) in [7, 11) is 0. The van der Waals surface area contributed by atoms with Crippen LogP contribution in [0, 0.1) is 11.7 Å². The smallest absolute Gasteiger partial charge is 0.275 e. The second kappa shape index (κ2) is 8.31. The van der Waals surface area contributed by atoms with Crippen LogP contribution < -0.4 is 11.1 Å². The number of amides is 1. The topological polar surface area (TPSA) is 93.3 Å². The quantitative estimate of drug-likeness (QED) is 0.710. The third-order valence-electron chi connectivity index (χ3n) is 5.42. The zero-order valence-electron chi connectivity index (χ0n) is 16.0. The Morgan fingerprint density at radius 3 is 3.00 bits per heavy atom. The molecule has 0 unspecified atom stereocenters. The van der Waals surface area contributed by atoms with E-state index in [-0.39, 0.29) is 17.4 Å². The van der Waals surface area contributed by atoms with Crippen LogP contribution in [0.1, 0.15) is 41.7 Å². The van der Waals surface area contributed by atoms with Crippen LogP contribution in [0.4, 0.5) is 10.1 Å². The molecule has 1 aliphatic heterocycles. The van der Waals surface area contributed by atoms with Gasteiger partial charge in [0.1, 0.15) is 16.5 Å². The molecule has 1 fully saturated rings. The fraction of sp³-hybridized carbons (Fsp3) is 0.400. The second-order valence-electron chi connectivity index (χ2n) is 7.35. The zero-order valence-corrected chi connectivity index (χ0v) is 17.7. The molecular weight excluding hydrogens is 409 g/mol. The van der Waals surface area contributed by atoms with Gasteiger partial charge < -0.3 is 11.1 Å². The van der Waals surface area contributed by atoms with Crippen molar-refractivity contribution in [1.29, 1.82) is 0 Å². The van der Waals surface area contributed by atoms with E-state index in [0.29, 0.717) is 22.3 Å². The highest BCUT2D eigenvalue weighted by Crippen LogP contribution is 2.47. The Balaban J connectivity index is 1.63. The van der Waals surface area contributed by atoms with Crippen molar-refractivity contribution in [2.24, 2.45) is 16.6 Å². The summed E-state index contributed by atoms with van der Waals surface area (Å²) < 4.78 is 14.9. The molecule has 152 valence electrons. The fourth-order valence-corrected chi connectivity index (χ4v) is 5.30. The average Bonchev–Trinajstić information content (AvgIpc) is 2.84. The van der Waals surface area contributed by atoms with Crippen LogP contribution in [-0.4, -0.2) is 33.1 Å². The predicted octanol–water partition coefficient (Wildman–Crippen LogP) is 4.04. The van der Waals surface area contributed by atoms with Crippen molar-refractivity contribution < 1.29 is 9.18 Å². The fourth-order valence-electron chi connectivity index (χ4n) is 4.05. The molecule has 0 spiro atoms. The van der Waals surface area contributed by atoms with E-state index in [9.17, 15) is 9.18 Å². The summed E-state index contributed by atoms with van der Waals surface area (Å²) in [6.45, 7) is 0. The Kier molecular flexibility index (Phi) is 5.78. The SMILES string of the molecule is CSc1cnc(C(=O)Nc2ccc(F)c([C@@]34CCC[C@H](CSC(N)=N3)C4)c2)cn1. The zero-order chi connectivity index (χ0) is 20.4. The van der Waals surface area contributed by atoms with Gasteiger partial charge in [-0.2, -0.15) is 0 Å². The van der Waals surface area contributed by atoms with Crippen LogP contribution in [-0.2, 0) is 5.54 Å². The number of fused-ring (bicyclic) bond motifs is 2. The molecule has 0 saturated heterocycles. The predicted molar refractivity (Wildman–Crippen MR) is 116 cm³/mol. The van der Waals surface area contributed by atoms with Gasteiger partial charge in [-0.3, -0.25) is 9.79 Å². The standard InChI is InChI=1S/C20H22FN5OS2/c1-28-17-10-23-16(9-24-17)18(27)25-13-4-5-15(21)14(7-13)20-6-2-3-12(8-20)11-29-19(22)26-20/h4-5,7,9-10,12H,2-3,6,8,11H2,1H3,(H2,22,26)(H,25,27)/t12-,20-/m0/s1. The van der Waals surface area contributed by atoms with Crippen LogP contribution in [0.15, 0.2) is 40.6 Å². The number of hydrogen-bond donors (Lipinski definition) is 2. The molecular formula is C20H22FN5OS2. The number of carbonyl (C=O) groups is 1. The monoisotopic (exact) mass is 431 g/mol.